The molecular formula is C20H34O2. The van der Waals surface area contributed by atoms with E-state index in [1.165, 1.54) is 24.0 Å². The molecule has 0 aromatic rings. The molecule has 0 unspecified atom stereocenters. The van der Waals surface area contributed by atoms with E-state index in [-0.39, 0.29) is 23.5 Å². The molecule has 0 bridgehead atoms. The maximum absolute atomic E-state index is 10.3. The number of aliphatic hydroxyl groups excluding tert-OH is 2. The van der Waals surface area contributed by atoms with Crippen LogP contribution in [0.1, 0.15) is 66.7 Å². The van der Waals surface area contributed by atoms with Gasteiger partial charge in [-0.15, -0.1) is 0 Å². The Bertz CT molecular complexity index is 460. The van der Waals surface area contributed by atoms with E-state index in [0.29, 0.717) is 11.8 Å². The Labute approximate surface area is 136 Å². The molecule has 2 rings (SSSR count). The van der Waals surface area contributed by atoms with Gasteiger partial charge in [0, 0.05) is 0 Å². The molecule has 0 aromatic heterocycles. The van der Waals surface area contributed by atoms with Crippen molar-refractivity contribution in [2.75, 3.05) is 6.61 Å². The predicted molar refractivity (Wildman–Crippen MR) is 92.6 cm³/mol. The number of aliphatic hydroxyl groups is 2. The standard InChI is InChI=1S/C20H34O2/c1-14(9-11-21)8-10-20(5)15(2)6-7-17-18(20)12-16(22)13-19(17,3)4/h9,12,15-17,21-22H,6-8,10-11,13H2,1-5H3/b14-9+/t15-,16-,17+,20+/m1/s1. The van der Waals surface area contributed by atoms with Gasteiger partial charge in [0.1, 0.15) is 0 Å². The lowest BCUT2D eigenvalue weighted by molar-refractivity contribution is 0.0410. The Morgan fingerprint density at radius 2 is 2.00 bits per heavy atom. The molecule has 0 spiro atoms. The van der Waals surface area contributed by atoms with Crippen molar-refractivity contribution in [3.05, 3.63) is 23.3 Å². The van der Waals surface area contributed by atoms with Gasteiger partial charge in [-0.1, -0.05) is 51.0 Å². The number of rotatable bonds is 4. The van der Waals surface area contributed by atoms with Crippen molar-refractivity contribution < 1.29 is 10.2 Å². The van der Waals surface area contributed by atoms with Crippen LogP contribution >= 0.6 is 0 Å². The highest BCUT2D eigenvalue weighted by atomic mass is 16.3. The zero-order valence-electron chi connectivity index (χ0n) is 15.0. The minimum absolute atomic E-state index is 0.134. The Morgan fingerprint density at radius 3 is 2.64 bits per heavy atom. The lowest BCUT2D eigenvalue weighted by Crippen LogP contribution is -2.45. The average Bonchev–Trinajstić information content (AvgIpc) is 2.41. The summed E-state index contributed by atoms with van der Waals surface area (Å²) < 4.78 is 0. The topological polar surface area (TPSA) is 40.5 Å². The van der Waals surface area contributed by atoms with Crippen molar-refractivity contribution in [3.8, 4) is 0 Å². The maximum Gasteiger partial charge on any atom is 0.0729 e. The van der Waals surface area contributed by atoms with Gasteiger partial charge in [0.25, 0.3) is 0 Å². The minimum atomic E-state index is -0.292. The first kappa shape index (κ1) is 17.7. The molecule has 0 amide bonds. The average molecular weight is 306 g/mol. The second kappa shape index (κ2) is 6.49. The van der Waals surface area contributed by atoms with Crippen LogP contribution in [0.5, 0.6) is 0 Å². The molecule has 0 radical (unpaired) electrons. The summed E-state index contributed by atoms with van der Waals surface area (Å²) >= 11 is 0. The Balaban J connectivity index is 2.29. The van der Waals surface area contributed by atoms with Gasteiger partial charge in [-0.05, 0) is 61.7 Å². The van der Waals surface area contributed by atoms with Crippen molar-refractivity contribution in [1.29, 1.82) is 0 Å². The molecule has 4 atom stereocenters. The quantitative estimate of drug-likeness (QED) is 0.752. The van der Waals surface area contributed by atoms with E-state index in [2.05, 4.69) is 40.7 Å². The molecule has 0 heterocycles. The van der Waals surface area contributed by atoms with E-state index in [1.807, 2.05) is 6.08 Å². The summed E-state index contributed by atoms with van der Waals surface area (Å²) in [5.74, 6) is 1.26. The molecule has 2 N–H and O–H groups in total. The highest BCUT2D eigenvalue weighted by Gasteiger charge is 2.49. The SMILES string of the molecule is C/C(=C\CO)CC[C@]1(C)C2=C[C@@H](O)CC(C)(C)[C@H]2CC[C@H]1C. The van der Waals surface area contributed by atoms with Gasteiger partial charge < -0.3 is 10.2 Å². The third-order valence-corrected chi connectivity index (χ3v) is 6.54. The van der Waals surface area contributed by atoms with E-state index in [4.69, 9.17) is 5.11 Å². The summed E-state index contributed by atoms with van der Waals surface area (Å²) in [6.45, 7) is 11.7. The van der Waals surface area contributed by atoms with E-state index in [0.717, 1.165) is 19.3 Å². The molecule has 0 aromatic carbocycles. The molecule has 2 heteroatoms. The third-order valence-electron chi connectivity index (χ3n) is 6.54. The molecule has 22 heavy (non-hydrogen) atoms. The molecule has 1 fully saturated rings. The highest BCUT2D eigenvalue weighted by Crippen LogP contribution is 2.58. The Kier molecular flexibility index (Phi) is 5.23. The van der Waals surface area contributed by atoms with Crippen LogP contribution in [-0.2, 0) is 0 Å². The van der Waals surface area contributed by atoms with Gasteiger partial charge in [-0.2, -0.15) is 0 Å². The van der Waals surface area contributed by atoms with Crippen molar-refractivity contribution in [2.24, 2.45) is 22.7 Å². The smallest absolute Gasteiger partial charge is 0.0729 e. The Hall–Kier alpha value is -0.600. The fraction of sp³-hybridized carbons (Fsp3) is 0.800. The van der Waals surface area contributed by atoms with Crippen molar-refractivity contribution >= 4 is 0 Å². The van der Waals surface area contributed by atoms with Crippen molar-refractivity contribution in [3.63, 3.8) is 0 Å². The predicted octanol–water partition coefficient (Wildman–Crippen LogP) is 4.47. The number of allylic oxidation sites excluding steroid dienone is 2. The number of fused-ring (bicyclic) bond motifs is 1. The van der Waals surface area contributed by atoms with E-state index in [9.17, 15) is 5.11 Å². The van der Waals surface area contributed by atoms with Gasteiger partial charge in [-0.25, -0.2) is 0 Å². The van der Waals surface area contributed by atoms with Crippen LogP contribution in [0.2, 0.25) is 0 Å². The lowest BCUT2D eigenvalue weighted by Gasteiger charge is -2.54. The normalized spacial score (nSPS) is 38.4. The summed E-state index contributed by atoms with van der Waals surface area (Å²) in [7, 11) is 0. The van der Waals surface area contributed by atoms with Crippen LogP contribution in [0, 0.1) is 22.7 Å². The number of hydrogen-bond acceptors (Lipinski definition) is 2. The molecule has 1 saturated carbocycles. The van der Waals surface area contributed by atoms with Gasteiger partial charge in [0.15, 0.2) is 0 Å². The van der Waals surface area contributed by atoms with E-state index < -0.39 is 0 Å². The zero-order chi connectivity index (χ0) is 16.5. The second-order valence-corrected chi connectivity index (χ2v) is 8.56. The minimum Gasteiger partial charge on any atom is -0.392 e. The highest BCUT2D eigenvalue weighted by molar-refractivity contribution is 5.28. The van der Waals surface area contributed by atoms with Gasteiger partial charge >= 0.3 is 0 Å². The second-order valence-electron chi connectivity index (χ2n) is 8.56. The summed E-state index contributed by atoms with van der Waals surface area (Å²) in [5, 5.41) is 19.4. The van der Waals surface area contributed by atoms with Crippen LogP contribution in [-0.4, -0.2) is 22.9 Å². The molecule has 0 saturated heterocycles. The molecule has 2 nitrogen and oxygen atoms in total. The van der Waals surface area contributed by atoms with Gasteiger partial charge in [0.2, 0.25) is 0 Å². The van der Waals surface area contributed by atoms with Crippen molar-refractivity contribution in [1.82, 2.24) is 0 Å². The fourth-order valence-electron chi connectivity index (χ4n) is 4.74. The zero-order valence-corrected chi connectivity index (χ0v) is 15.0. The monoisotopic (exact) mass is 306 g/mol. The first-order valence-electron chi connectivity index (χ1n) is 8.87. The fourth-order valence-corrected chi connectivity index (χ4v) is 4.74. The van der Waals surface area contributed by atoms with Crippen molar-refractivity contribution in [2.45, 2.75) is 72.8 Å². The molecule has 126 valence electrons. The maximum atomic E-state index is 10.3. The van der Waals surface area contributed by atoms with E-state index in [1.54, 1.807) is 0 Å². The summed E-state index contributed by atoms with van der Waals surface area (Å²) in [4.78, 5) is 0. The lowest BCUT2D eigenvalue weighted by atomic mass is 9.51. The molecule has 0 aliphatic heterocycles. The van der Waals surface area contributed by atoms with Gasteiger partial charge in [-0.3, -0.25) is 0 Å². The van der Waals surface area contributed by atoms with Crippen LogP contribution in [0.4, 0.5) is 0 Å². The van der Waals surface area contributed by atoms with E-state index >= 15 is 0 Å². The van der Waals surface area contributed by atoms with Crippen LogP contribution in [0.25, 0.3) is 0 Å². The number of hydrogen-bond donors (Lipinski definition) is 2. The first-order chi connectivity index (χ1) is 10.2. The molecular weight excluding hydrogens is 272 g/mol. The van der Waals surface area contributed by atoms with Crippen LogP contribution in [0.3, 0.4) is 0 Å². The van der Waals surface area contributed by atoms with Crippen LogP contribution < -0.4 is 0 Å². The summed E-state index contributed by atoms with van der Waals surface area (Å²) in [6, 6.07) is 0. The first-order valence-corrected chi connectivity index (χ1v) is 8.87. The molecule has 2 aliphatic carbocycles. The largest absolute Gasteiger partial charge is 0.392 e. The summed E-state index contributed by atoms with van der Waals surface area (Å²) in [5.41, 5.74) is 3.15. The van der Waals surface area contributed by atoms with Crippen LogP contribution in [0.15, 0.2) is 23.3 Å². The Morgan fingerprint density at radius 1 is 1.32 bits per heavy atom. The molecule has 2 aliphatic rings. The summed E-state index contributed by atoms with van der Waals surface area (Å²) in [6.07, 6.45) is 9.37. The third kappa shape index (κ3) is 3.33. The van der Waals surface area contributed by atoms with Gasteiger partial charge in [0.05, 0.1) is 12.7 Å².